The van der Waals surface area contributed by atoms with Crippen molar-refractivity contribution in [1.29, 1.82) is 0 Å². The zero-order valence-corrected chi connectivity index (χ0v) is 11.9. The Morgan fingerprint density at radius 3 is 2.47 bits per heavy atom. The first-order valence-electron chi connectivity index (χ1n) is 6.51. The molecule has 0 fully saturated rings. The Kier molecular flexibility index (Phi) is 5.45. The molecule has 0 aromatic heterocycles. The van der Waals surface area contributed by atoms with E-state index < -0.39 is 12.7 Å². The summed E-state index contributed by atoms with van der Waals surface area (Å²) in [6.45, 7) is 7.29. The number of halogens is 2. The molecule has 19 heavy (non-hydrogen) atoms. The molecule has 1 atom stereocenters. The molecule has 1 heterocycles. The molecule has 2 nitrogen and oxygen atoms in total. The van der Waals surface area contributed by atoms with Crippen LogP contribution in [0.15, 0.2) is 18.2 Å². The predicted molar refractivity (Wildman–Crippen MR) is 73.5 cm³/mol. The Balaban J connectivity index is 0.000000399. The molecule has 1 aromatic carbocycles. The first kappa shape index (κ1) is 15.6. The first-order chi connectivity index (χ1) is 8.86. The van der Waals surface area contributed by atoms with Crippen LogP contribution < -0.4 is 4.90 Å². The number of alkyl halides is 1. The van der Waals surface area contributed by atoms with Crippen LogP contribution in [0.4, 0.5) is 14.5 Å². The summed E-state index contributed by atoms with van der Waals surface area (Å²) >= 11 is 0. The standard InChI is InChI=1S/C11H11F2NO.C4H10/c1-7(15)14-10(6-12)5-8-4-9(13)2-3-11(8)14;1-4(2)3/h2-4,10H,5-6H2,1H3;4H,1-3H3. The molecular weight excluding hydrogens is 248 g/mol. The lowest BCUT2D eigenvalue weighted by Crippen LogP contribution is -2.37. The van der Waals surface area contributed by atoms with E-state index in [1.807, 2.05) is 0 Å². The fraction of sp³-hybridized carbons (Fsp3) is 0.533. The summed E-state index contributed by atoms with van der Waals surface area (Å²) in [5.41, 5.74) is 1.33. The van der Waals surface area contributed by atoms with Crippen molar-refractivity contribution in [3.8, 4) is 0 Å². The van der Waals surface area contributed by atoms with E-state index in [0.29, 0.717) is 17.7 Å². The number of hydrogen-bond donors (Lipinski definition) is 0. The average molecular weight is 269 g/mol. The molecule has 106 valence electrons. The summed E-state index contributed by atoms with van der Waals surface area (Å²) in [6, 6.07) is 3.71. The van der Waals surface area contributed by atoms with Gasteiger partial charge in [0.2, 0.25) is 5.91 Å². The zero-order valence-electron chi connectivity index (χ0n) is 11.9. The molecule has 1 aromatic rings. The smallest absolute Gasteiger partial charge is 0.224 e. The van der Waals surface area contributed by atoms with E-state index in [1.165, 1.54) is 30.0 Å². The van der Waals surface area contributed by atoms with Gasteiger partial charge in [0.15, 0.2) is 0 Å². The molecule has 4 heteroatoms. The molecule has 0 saturated carbocycles. The predicted octanol–water partition coefficient (Wildman–Crippen LogP) is 3.74. The van der Waals surface area contributed by atoms with Crippen molar-refractivity contribution in [3.63, 3.8) is 0 Å². The van der Waals surface area contributed by atoms with Crippen molar-refractivity contribution in [2.75, 3.05) is 11.6 Å². The summed E-state index contributed by atoms with van der Waals surface area (Å²) in [5.74, 6) is 0.278. The average Bonchev–Trinajstić information content (AvgIpc) is 2.65. The van der Waals surface area contributed by atoms with E-state index in [1.54, 1.807) is 0 Å². The Bertz CT molecular complexity index is 443. The third kappa shape index (κ3) is 4.01. The molecule has 1 aliphatic heterocycles. The topological polar surface area (TPSA) is 20.3 Å². The van der Waals surface area contributed by atoms with Crippen molar-refractivity contribution < 1.29 is 13.6 Å². The van der Waals surface area contributed by atoms with E-state index in [0.717, 1.165) is 5.92 Å². The van der Waals surface area contributed by atoms with Crippen molar-refractivity contribution in [3.05, 3.63) is 29.6 Å². The minimum atomic E-state index is -0.601. The molecule has 1 aliphatic rings. The fourth-order valence-corrected chi connectivity index (χ4v) is 2.04. The molecule has 0 aliphatic carbocycles. The maximum atomic E-state index is 12.9. The molecule has 0 saturated heterocycles. The largest absolute Gasteiger partial charge is 0.306 e. The number of carbonyl (C=O) groups is 1. The van der Waals surface area contributed by atoms with Crippen molar-refractivity contribution in [2.45, 2.75) is 40.2 Å². The highest BCUT2D eigenvalue weighted by atomic mass is 19.1. The highest BCUT2D eigenvalue weighted by molar-refractivity contribution is 5.94. The number of benzene rings is 1. The number of fused-ring (bicyclic) bond motifs is 1. The van der Waals surface area contributed by atoms with Gasteiger partial charge < -0.3 is 4.90 Å². The van der Waals surface area contributed by atoms with E-state index >= 15 is 0 Å². The summed E-state index contributed by atoms with van der Waals surface area (Å²) in [6.07, 6.45) is 0.392. The molecule has 1 amide bonds. The van der Waals surface area contributed by atoms with Crippen LogP contribution in [0.25, 0.3) is 0 Å². The van der Waals surface area contributed by atoms with Gasteiger partial charge in [0, 0.05) is 12.6 Å². The Labute approximate surface area is 113 Å². The van der Waals surface area contributed by atoms with E-state index in [2.05, 4.69) is 20.8 Å². The van der Waals surface area contributed by atoms with Crippen LogP contribution in [-0.4, -0.2) is 18.6 Å². The van der Waals surface area contributed by atoms with Crippen molar-refractivity contribution >= 4 is 11.6 Å². The first-order valence-corrected chi connectivity index (χ1v) is 6.51. The molecule has 0 spiro atoms. The fourth-order valence-electron chi connectivity index (χ4n) is 2.04. The highest BCUT2D eigenvalue weighted by Gasteiger charge is 2.31. The van der Waals surface area contributed by atoms with Gasteiger partial charge in [-0.05, 0) is 36.1 Å². The van der Waals surface area contributed by atoms with Crippen LogP contribution in [0.2, 0.25) is 0 Å². The van der Waals surface area contributed by atoms with Crippen LogP contribution in [-0.2, 0) is 11.2 Å². The lowest BCUT2D eigenvalue weighted by molar-refractivity contribution is -0.117. The van der Waals surface area contributed by atoms with Gasteiger partial charge in [0.1, 0.15) is 12.5 Å². The lowest BCUT2D eigenvalue weighted by atomic mass is 10.1. The maximum Gasteiger partial charge on any atom is 0.224 e. The van der Waals surface area contributed by atoms with Gasteiger partial charge in [0.05, 0.1) is 6.04 Å². The Morgan fingerprint density at radius 1 is 1.42 bits per heavy atom. The number of amides is 1. The monoisotopic (exact) mass is 269 g/mol. The molecule has 0 bridgehead atoms. The second-order valence-electron chi connectivity index (χ2n) is 5.41. The lowest BCUT2D eigenvalue weighted by Gasteiger charge is -2.21. The van der Waals surface area contributed by atoms with Crippen molar-refractivity contribution in [1.82, 2.24) is 0 Å². The molecule has 1 unspecified atom stereocenters. The Morgan fingerprint density at radius 2 is 2.00 bits per heavy atom. The number of anilines is 1. The van der Waals surface area contributed by atoms with Crippen LogP contribution in [0, 0.1) is 11.7 Å². The van der Waals surface area contributed by atoms with Crippen LogP contribution in [0.1, 0.15) is 33.3 Å². The van der Waals surface area contributed by atoms with Gasteiger partial charge in [-0.25, -0.2) is 8.78 Å². The van der Waals surface area contributed by atoms with Gasteiger partial charge in [-0.3, -0.25) is 4.79 Å². The summed E-state index contributed by atoms with van der Waals surface area (Å²) in [5, 5.41) is 0. The number of carbonyl (C=O) groups excluding carboxylic acids is 1. The SMILES string of the molecule is CC(=O)N1c2ccc(F)cc2CC1CF.CC(C)C. The van der Waals surface area contributed by atoms with Crippen LogP contribution in [0.5, 0.6) is 0 Å². The third-order valence-corrected chi connectivity index (χ3v) is 2.64. The second kappa shape index (κ2) is 6.64. The second-order valence-corrected chi connectivity index (χ2v) is 5.41. The van der Waals surface area contributed by atoms with E-state index in [9.17, 15) is 13.6 Å². The number of rotatable bonds is 1. The normalized spacial score (nSPS) is 17.0. The molecular formula is C15H21F2NO. The quantitative estimate of drug-likeness (QED) is 0.760. The van der Waals surface area contributed by atoms with E-state index in [-0.39, 0.29) is 11.7 Å². The molecule has 2 rings (SSSR count). The van der Waals surface area contributed by atoms with Gasteiger partial charge in [-0.15, -0.1) is 0 Å². The number of hydrogen-bond acceptors (Lipinski definition) is 1. The minimum Gasteiger partial charge on any atom is -0.306 e. The van der Waals surface area contributed by atoms with E-state index in [4.69, 9.17) is 0 Å². The van der Waals surface area contributed by atoms with Gasteiger partial charge in [-0.2, -0.15) is 0 Å². The summed E-state index contributed by atoms with van der Waals surface area (Å²) < 4.78 is 25.6. The van der Waals surface area contributed by atoms with Gasteiger partial charge >= 0.3 is 0 Å². The summed E-state index contributed by atoms with van der Waals surface area (Å²) in [7, 11) is 0. The highest BCUT2D eigenvalue weighted by Crippen LogP contribution is 2.32. The molecule has 0 N–H and O–H groups in total. The van der Waals surface area contributed by atoms with Crippen molar-refractivity contribution in [2.24, 2.45) is 5.92 Å². The Hall–Kier alpha value is -1.45. The maximum absolute atomic E-state index is 12.9. The van der Waals surface area contributed by atoms with Gasteiger partial charge in [0.25, 0.3) is 0 Å². The minimum absolute atomic E-state index is 0.206. The van der Waals surface area contributed by atoms with Gasteiger partial charge in [-0.1, -0.05) is 20.8 Å². The van der Waals surface area contributed by atoms with Crippen LogP contribution in [0.3, 0.4) is 0 Å². The molecule has 0 radical (unpaired) electrons. The third-order valence-electron chi connectivity index (χ3n) is 2.64. The zero-order chi connectivity index (χ0) is 14.6. The summed E-state index contributed by atoms with van der Waals surface area (Å²) in [4.78, 5) is 12.7. The van der Waals surface area contributed by atoms with Crippen LogP contribution >= 0.6 is 0 Å². The number of nitrogens with zero attached hydrogens (tertiary/aromatic N) is 1.